The number of carbonyl (C=O) groups excluding carboxylic acids is 2. The van der Waals surface area contributed by atoms with E-state index < -0.39 is 0 Å². The van der Waals surface area contributed by atoms with Gasteiger partial charge in [0.25, 0.3) is 5.91 Å². The molecule has 0 saturated carbocycles. The average molecular weight is 377 g/mol. The average Bonchev–Trinajstić information content (AvgIpc) is 2.71. The Balaban J connectivity index is 1.67. The normalized spacial score (nSPS) is 12.9. The maximum atomic E-state index is 12.9. The molecule has 0 bridgehead atoms. The van der Waals surface area contributed by atoms with Gasteiger partial charge in [0.2, 0.25) is 5.91 Å². The Bertz CT molecular complexity index is 900. The van der Waals surface area contributed by atoms with Crippen LogP contribution in [0.1, 0.15) is 31.4 Å². The molecule has 144 valence electrons. The number of amides is 2. The Hall–Kier alpha value is -3.33. The summed E-state index contributed by atoms with van der Waals surface area (Å²) in [6.45, 7) is 4.71. The molecule has 1 aliphatic heterocycles. The number of ether oxygens (including phenoxy) is 1. The number of nitriles is 1. The van der Waals surface area contributed by atoms with Gasteiger partial charge in [-0.1, -0.05) is 24.3 Å². The molecule has 28 heavy (non-hydrogen) atoms. The molecular weight excluding hydrogens is 354 g/mol. The zero-order valence-corrected chi connectivity index (χ0v) is 16.1. The van der Waals surface area contributed by atoms with E-state index >= 15 is 0 Å². The van der Waals surface area contributed by atoms with Crippen LogP contribution in [0.15, 0.2) is 48.5 Å². The van der Waals surface area contributed by atoms with E-state index in [1.807, 2.05) is 50.2 Å². The zero-order chi connectivity index (χ0) is 20.1. The predicted molar refractivity (Wildman–Crippen MR) is 106 cm³/mol. The third-order valence-electron chi connectivity index (χ3n) is 4.74. The highest BCUT2D eigenvalue weighted by Crippen LogP contribution is 2.31. The van der Waals surface area contributed by atoms with Crippen molar-refractivity contribution in [1.82, 2.24) is 4.90 Å². The van der Waals surface area contributed by atoms with E-state index in [1.54, 1.807) is 21.9 Å². The van der Waals surface area contributed by atoms with Crippen LogP contribution in [0.25, 0.3) is 0 Å². The van der Waals surface area contributed by atoms with Gasteiger partial charge in [0.1, 0.15) is 5.75 Å². The van der Waals surface area contributed by atoms with Crippen LogP contribution in [0.5, 0.6) is 5.75 Å². The highest BCUT2D eigenvalue weighted by atomic mass is 16.5. The van der Waals surface area contributed by atoms with Crippen LogP contribution >= 0.6 is 0 Å². The second-order valence-electron chi connectivity index (χ2n) is 6.98. The minimum Gasteiger partial charge on any atom is -0.482 e. The van der Waals surface area contributed by atoms with Crippen molar-refractivity contribution in [2.75, 3.05) is 18.1 Å². The van der Waals surface area contributed by atoms with Crippen LogP contribution in [0.4, 0.5) is 5.69 Å². The van der Waals surface area contributed by atoms with Gasteiger partial charge in [-0.25, -0.2) is 0 Å². The lowest BCUT2D eigenvalue weighted by Crippen LogP contribution is -2.42. The molecule has 3 rings (SSSR count). The van der Waals surface area contributed by atoms with Crippen molar-refractivity contribution in [1.29, 1.82) is 5.26 Å². The molecule has 0 aliphatic carbocycles. The molecular formula is C22H23N3O3. The minimum atomic E-state index is -0.144. The second-order valence-corrected chi connectivity index (χ2v) is 6.98. The van der Waals surface area contributed by atoms with E-state index in [0.717, 1.165) is 5.56 Å². The predicted octanol–water partition coefficient (Wildman–Crippen LogP) is 3.11. The van der Waals surface area contributed by atoms with Crippen molar-refractivity contribution in [3.63, 3.8) is 0 Å². The Morgan fingerprint density at radius 3 is 2.61 bits per heavy atom. The molecule has 1 heterocycles. The lowest BCUT2D eigenvalue weighted by molar-refractivity contribution is -0.133. The number of carbonyl (C=O) groups is 2. The molecule has 0 spiro atoms. The molecule has 0 radical (unpaired) electrons. The smallest absolute Gasteiger partial charge is 0.265 e. The zero-order valence-electron chi connectivity index (χ0n) is 16.1. The van der Waals surface area contributed by atoms with Crippen LogP contribution in [-0.2, 0) is 16.1 Å². The van der Waals surface area contributed by atoms with Crippen LogP contribution in [0.2, 0.25) is 0 Å². The molecule has 0 aromatic heterocycles. The standard InChI is InChI=1S/C22H23N3O3/c1-16(2)25(14-18-9-7-17(13-23)8-10-18)21(26)11-12-24-19-5-3-4-6-20(19)28-15-22(24)27/h3-10,16H,11-12,14-15H2,1-2H3. The van der Waals surface area contributed by atoms with Crippen molar-refractivity contribution >= 4 is 17.5 Å². The Morgan fingerprint density at radius 1 is 1.21 bits per heavy atom. The summed E-state index contributed by atoms with van der Waals surface area (Å²) >= 11 is 0. The van der Waals surface area contributed by atoms with Crippen LogP contribution in [0.3, 0.4) is 0 Å². The molecule has 0 N–H and O–H groups in total. The van der Waals surface area contributed by atoms with Crippen molar-refractivity contribution in [2.45, 2.75) is 32.9 Å². The molecule has 6 heteroatoms. The first kappa shape index (κ1) is 19.4. The molecule has 6 nitrogen and oxygen atoms in total. The number of benzene rings is 2. The van der Waals surface area contributed by atoms with E-state index in [9.17, 15) is 9.59 Å². The minimum absolute atomic E-state index is 0.00958. The van der Waals surface area contributed by atoms with Gasteiger partial charge >= 0.3 is 0 Å². The molecule has 2 amide bonds. The van der Waals surface area contributed by atoms with Crippen molar-refractivity contribution in [2.24, 2.45) is 0 Å². The van der Waals surface area contributed by atoms with Gasteiger partial charge < -0.3 is 14.5 Å². The summed E-state index contributed by atoms with van der Waals surface area (Å²) in [6, 6.07) is 16.7. The fraction of sp³-hybridized carbons (Fsp3) is 0.318. The topological polar surface area (TPSA) is 73.6 Å². The number of para-hydroxylation sites is 2. The maximum Gasteiger partial charge on any atom is 0.265 e. The van der Waals surface area contributed by atoms with E-state index in [-0.39, 0.29) is 30.9 Å². The molecule has 0 fully saturated rings. The molecule has 2 aromatic rings. The summed E-state index contributed by atoms with van der Waals surface area (Å²) in [5.74, 6) is 0.499. The highest BCUT2D eigenvalue weighted by molar-refractivity contribution is 5.98. The fourth-order valence-corrected chi connectivity index (χ4v) is 3.19. The summed E-state index contributed by atoms with van der Waals surface area (Å²) in [5.41, 5.74) is 2.26. The molecule has 2 aromatic carbocycles. The molecule has 0 saturated heterocycles. The Kier molecular flexibility index (Phi) is 5.95. The van der Waals surface area contributed by atoms with Gasteiger partial charge in [-0.15, -0.1) is 0 Å². The van der Waals surface area contributed by atoms with Crippen LogP contribution in [0, 0.1) is 11.3 Å². The monoisotopic (exact) mass is 377 g/mol. The number of hydrogen-bond acceptors (Lipinski definition) is 4. The van der Waals surface area contributed by atoms with Crippen LogP contribution < -0.4 is 9.64 Å². The SMILES string of the molecule is CC(C)N(Cc1ccc(C#N)cc1)C(=O)CCN1C(=O)COc2ccccc21. The Labute approximate surface area is 164 Å². The van der Waals surface area contributed by atoms with E-state index in [0.29, 0.717) is 30.1 Å². The maximum absolute atomic E-state index is 12.9. The number of rotatable bonds is 6. The first-order valence-corrected chi connectivity index (χ1v) is 9.30. The van der Waals surface area contributed by atoms with E-state index in [4.69, 9.17) is 10.00 Å². The summed E-state index contributed by atoms with van der Waals surface area (Å²) in [4.78, 5) is 28.6. The van der Waals surface area contributed by atoms with Crippen LogP contribution in [-0.4, -0.2) is 35.9 Å². The Morgan fingerprint density at radius 2 is 1.93 bits per heavy atom. The second kappa shape index (κ2) is 8.57. The first-order valence-electron chi connectivity index (χ1n) is 9.30. The number of fused-ring (bicyclic) bond motifs is 1. The number of hydrogen-bond donors (Lipinski definition) is 0. The van der Waals surface area contributed by atoms with E-state index in [1.165, 1.54) is 0 Å². The summed E-state index contributed by atoms with van der Waals surface area (Å²) in [6.07, 6.45) is 0.231. The van der Waals surface area contributed by atoms with Gasteiger partial charge in [0, 0.05) is 25.6 Å². The quantitative estimate of drug-likeness (QED) is 0.775. The molecule has 1 aliphatic rings. The van der Waals surface area contributed by atoms with Gasteiger partial charge in [0.15, 0.2) is 6.61 Å². The summed E-state index contributed by atoms with van der Waals surface area (Å²) < 4.78 is 5.45. The van der Waals surface area contributed by atoms with Gasteiger partial charge in [-0.05, 0) is 43.7 Å². The molecule has 0 atom stereocenters. The van der Waals surface area contributed by atoms with Gasteiger partial charge in [0.05, 0.1) is 17.3 Å². The van der Waals surface area contributed by atoms with Crippen molar-refractivity contribution in [3.8, 4) is 11.8 Å². The van der Waals surface area contributed by atoms with Crippen molar-refractivity contribution in [3.05, 3.63) is 59.7 Å². The van der Waals surface area contributed by atoms with E-state index in [2.05, 4.69) is 6.07 Å². The third kappa shape index (κ3) is 4.32. The third-order valence-corrected chi connectivity index (χ3v) is 4.74. The number of nitrogens with zero attached hydrogens (tertiary/aromatic N) is 3. The van der Waals surface area contributed by atoms with Crippen molar-refractivity contribution < 1.29 is 14.3 Å². The van der Waals surface area contributed by atoms with Gasteiger partial charge in [-0.2, -0.15) is 5.26 Å². The largest absolute Gasteiger partial charge is 0.482 e. The van der Waals surface area contributed by atoms with Gasteiger partial charge in [-0.3, -0.25) is 9.59 Å². The highest BCUT2D eigenvalue weighted by Gasteiger charge is 2.26. The lowest BCUT2D eigenvalue weighted by atomic mass is 10.1. The lowest BCUT2D eigenvalue weighted by Gasteiger charge is -2.31. The fourth-order valence-electron chi connectivity index (χ4n) is 3.19. The summed E-state index contributed by atoms with van der Waals surface area (Å²) in [7, 11) is 0. The number of anilines is 1. The molecule has 0 unspecified atom stereocenters. The first-order chi connectivity index (χ1) is 13.5. The summed E-state index contributed by atoms with van der Waals surface area (Å²) in [5, 5.41) is 8.92.